The molecule has 1 aliphatic carbocycles. The summed E-state index contributed by atoms with van der Waals surface area (Å²) in [7, 11) is -0.169. The quantitative estimate of drug-likeness (QED) is 0.255. The lowest BCUT2D eigenvalue weighted by Gasteiger charge is -2.35. The van der Waals surface area contributed by atoms with Gasteiger partial charge in [0, 0.05) is 53.5 Å². The Balaban J connectivity index is 0.00000423. The van der Waals surface area contributed by atoms with E-state index in [-0.39, 0.29) is 51.8 Å². The number of fused-ring (bicyclic) bond motifs is 1. The van der Waals surface area contributed by atoms with E-state index in [1.54, 1.807) is 35.0 Å². The number of sulfonamides is 1. The van der Waals surface area contributed by atoms with Gasteiger partial charge in [0.15, 0.2) is 0 Å². The minimum absolute atomic E-state index is 0. The molecular formula is C29H34Cl2FN7O3S. The van der Waals surface area contributed by atoms with Crippen LogP contribution < -0.4 is 15.6 Å². The van der Waals surface area contributed by atoms with Gasteiger partial charge in [-0.3, -0.25) is 14.1 Å². The predicted octanol–water partition coefficient (Wildman–Crippen LogP) is 5.54. The van der Waals surface area contributed by atoms with E-state index in [2.05, 4.69) is 25.0 Å². The summed E-state index contributed by atoms with van der Waals surface area (Å²) >= 11 is 6.06. The van der Waals surface area contributed by atoms with E-state index in [4.69, 9.17) is 11.6 Å². The third kappa shape index (κ3) is 6.93. The van der Waals surface area contributed by atoms with Crippen molar-refractivity contribution in [1.82, 2.24) is 24.4 Å². The fraction of sp³-hybridized carbons (Fsp3) is 0.379. The van der Waals surface area contributed by atoms with Crippen LogP contribution in [0.1, 0.15) is 39.2 Å². The number of aromatic nitrogens is 4. The second-order valence-corrected chi connectivity index (χ2v) is 13.0. The van der Waals surface area contributed by atoms with E-state index in [1.807, 2.05) is 32.8 Å². The fourth-order valence-electron chi connectivity index (χ4n) is 5.34. The third-order valence-corrected chi connectivity index (χ3v) is 9.32. The molecule has 0 amide bonds. The molecule has 0 spiro atoms. The number of anilines is 2. The first kappa shape index (κ1) is 32.6. The van der Waals surface area contributed by atoms with Crippen LogP contribution in [0.2, 0.25) is 5.02 Å². The van der Waals surface area contributed by atoms with Crippen LogP contribution in [-0.2, 0) is 10.0 Å². The lowest BCUT2D eigenvalue weighted by atomic mass is 9.89. The van der Waals surface area contributed by atoms with E-state index in [9.17, 15) is 17.6 Å². The maximum Gasteiger partial charge on any atom is 0.264 e. The molecule has 14 heteroatoms. The minimum atomic E-state index is -3.96. The molecule has 43 heavy (non-hydrogen) atoms. The highest BCUT2D eigenvalue weighted by atomic mass is 35.5. The first-order valence-corrected chi connectivity index (χ1v) is 15.5. The zero-order valence-electron chi connectivity index (χ0n) is 24.2. The molecule has 3 unspecified atom stereocenters. The molecule has 3 aromatic heterocycles. The summed E-state index contributed by atoms with van der Waals surface area (Å²) in [6, 6.07) is 10.5. The molecule has 10 nitrogen and oxygen atoms in total. The summed E-state index contributed by atoms with van der Waals surface area (Å²) in [5.41, 5.74) is 1.07. The van der Waals surface area contributed by atoms with Crippen LogP contribution >= 0.6 is 24.0 Å². The molecule has 1 aliphatic rings. The van der Waals surface area contributed by atoms with Gasteiger partial charge in [-0.05, 0) is 71.1 Å². The summed E-state index contributed by atoms with van der Waals surface area (Å²) in [4.78, 5) is 28.9. The number of nitrogens with zero attached hydrogens (tertiary/aromatic N) is 5. The van der Waals surface area contributed by atoms with Gasteiger partial charge in [-0.15, -0.1) is 12.4 Å². The second kappa shape index (κ2) is 13.1. The van der Waals surface area contributed by atoms with Crippen molar-refractivity contribution in [2.75, 3.05) is 24.1 Å². The Morgan fingerprint density at radius 2 is 1.84 bits per heavy atom. The van der Waals surface area contributed by atoms with Crippen molar-refractivity contribution >= 4 is 56.8 Å². The molecule has 1 aromatic carbocycles. The Morgan fingerprint density at radius 3 is 2.47 bits per heavy atom. The van der Waals surface area contributed by atoms with E-state index >= 15 is 0 Å². The van der Waals surface area contributed by atoms with Crippen molar-refractivity contribution in [2.45, 2.75) is 62.3 Å². The first-order chi connectivity index (χ1) is 19.9. The Morgan fingerprint density at radius 1 is 1.09 bits per heavy atom. The van der Waals surface area contributed by atoms with Crippen LogP contribution in [0.25, 0.3) is 22.2 Å². The van der Waals surface area contributed by atoms with Crippen molar-refractivity contribution < 1.29 is 12.8 Å². The predicted molar refractivity (Wildman–Crippen MR) is 171 cm³/mol. The highest BCUT2D eigenvalue weighted by molar-refractivity contribution is 7.92. The summed E-state index contributed by atoms with van der Waals surface area (Å²) in [6.45, 7) is 3.78. The molecule has 2 N–H and O–H groups in total. The largest absolute Gasteiger partial charge is 0.351 e. The lowest BCUT2D eigenvalue weighted by molar-refractivity contribution is 0.109. The third-order valence-electron chi connectivity index (χ3n) is 7.46. The normalized spacial score (nSPS) is 18.9. The zero-order valence-corrected chi connectivity index (χ0v) is 26.5. The number of hydrogen-bond acceptors (Lipinski definition) is 8. The molecule has 5 rings (SSSR count). The zero-order chi connectivity index (χ0) is 30.2. The molecule has 0 saturated heterocycles. The second-order valence-electron chi connectivity index (χ2n) is 11.0. The molecule has 1 saturated carbocycles. The van der Waals surface area contributed by atoms with Crippen molar-refractivity contribution in [2.24, 2.45) is 0 Å². The standard InChI is InChI=1S/C29H33ClFN7O3S.ClH/c1-17(2)38-27-19(16-33-29(35-27)34-20-10-11-24(37(3)4)23(31)14-20)13-21(28(38)39)18-9-12-26(32-15-18)36-42(40,41)25-8-6-5-7-22(25)30;/h5-9,12-13,15-17,20,23-24H,10-11,14H2,1-4H3,(H,32,36)(H,33,34,35);1H. The molecule has 4 aromatic rings. The number of rotatable bonds is 8. The van der Waals surface area contributed by atoms with E-state index < -0.39 is 16.2 Å². The van der Waals surface area contributed by atoms with Crippen LogP contribution in [0.4, 0.5) is 16.2 Å². The topological polar surface area (TPSA) is 122 Å². The van der Waals surface area contributed by atoms with E-state index in [0.29, 0.717) is 34.5 Å². The average Bonchev–Trinajstić information content (AvgIpc) is 2.93. The number of halogens is 3. The summed E-state index contributed by atoms with van der Waals surface area (Å²) in [5.74, 6) is 0.430. The number of hydrogen-bond donors (Lipinski definition) is 2. The van der Waals surface area contributed by atoms with Gasteiger partial charge in [-0.1, -0.05) is 23.7 Å². The Kier molecular flexibility index (Phi) is 9.95. The summed E-state index contributed by atoms with van der Waals surface area (Å²) in [6.07, 6.45) is 4.01. The highest BCUT2D eigenvalue weighted by Gasteiger charge is 2.32. The van der Waals surface area contributed by atoms with Gasteiger partial charge in [0.25, 0.3) is 15.6 Å². The lowest BCUT2D eigenvalue weighted by Crippen LogP contribution is -2.44. The maximum atomic E-state index is 14.7. The average molecular weight is 651 g/mol. The van der Waals surface area contributed by atoms with Crippen molar-refractivity contribution in [1.29, 1.82) is 0 Å². The number of nitrogens with one attached hydrogen (secondary N) is 2. The van der Waals surface area contributed by atoms with E-state index in [1.165, 1.54) is 24.4 Å². The van der Waals surface area contributed by atoms with Crippen LogP contribution in [0, 0.1) is 0 Å². The van der Waals surface area contributed by atoms with Crippen LogP contribution in [0.5, 0.6) is 0 Å². The van der Waals surface area contributed by atoms with Gasteiger partial charge in [-0.2, -0.15) is 4.98 Å². The van der Waals surface area contributed by atoms with Crippen LogP contribution in [-0.4, -0.2) is 65.2 Å². The molecular weight excluding hydrogens is 616 g/mol. The van der Waals surface area contributed by atoms with Gasteiger partial charge in [-0.25, -0.2) is 22.8 Å². The first-order valence-electron chi connectivity index (χ1n) is 13.7. The molecule has 0 aliphatic heterocycles. The van der Waals surface area contributed by atoms with Crippen molar-refractivity contribution in [3.05, 3.63) is 70.2 Å². The molecule has 3 heterocycles. The highest BCUT2D eigenvalue weighted by Crippen LogP contribution is 2.28. The minimum Gasteiger partial charge on any atom is -0.351 e. The summed E-state index contributed by atoms with van der Waals surface area (Å²) in [5, 5.41) is 4.00. The van der Waals surface area contributed by atoms with Gasteiger partial charge in [0.05, 0.1) is 5.02 Å². The molecule has 0 radical (unpaired) electrons. The van der Waals surface area contributed by atoms with Gasteiger partial charge >= 0.3 is 0 Å². The van der Waals surface area contributed by atoms with Crippen molar-refractivity contribution in [3.8, 4) is 11.1 Å². The van der Waals surface area contributed by atoms with E-state index in [0.717, 1.165) is 12.8 Å². The molecule has 230 valence electrons. The number of alkyl halides is 1. The molecule has 1 fully saturated rings. The SMILES string of the molecule is CC(C)n1c(=O)c(-c2ccc(NS(=O)(=O)c3ccccc3Cl)nc2)cc2cnc(NC3CCC(N(C)C)C(F)C3)nc21.Cl. The number of pyridine rings is 2. The van der Waals surface area contributed by atoms with Gasteiger partial charge < -0.3 is 10.2 Å². The monoisotopic (exact) mass is 649 g/mol. The van der Waals surface area contributed by atoms with Gasteiger partial charge in [0.2, 0.25) is 5.95 Å². The number of benzene rings is 1. The Bertz CT molecular complexity index is 1770. The van der Waals surface area contributed by atoms with Crippen LogP contribution in [0.3, 0.4) is 0 Å². The van der Waals surface area contributed by atoms with Crippen molar-refractivity contribution in [3.63, 3.8) is 0 Å². The van der Waals surface area contributed by atoms with Gasteiger partial charge in [0.1, 0.15) is 22.5 Å². The van der Waals surface area contributed by atoms with Crippen LogP contribution in [0.15, 0.2) is 64.5 Å². The Labute approximate surface area is 261 Å². The molecule has 3 atom stereocenters. The summed E-state index contributed by atoms with van der Waals surface area (Å²) < 4.78 is 44.3. The fourth-order valence-corrected chi connectivity index (χ4v) is 6.87. The maximum absolute atomic E-state index is 14.7. The smallest absolute Gasteiger partial charge is 0.264 e. The molecule has 0 bridgehead atoms. The Hall–Kier alpha value is -3.32.